The van der Waals surface area contributed by atoms with E-state index in [1.165, 1.54) is 5.56 Å². The summed E-state index contributed by atoms with van der Waals surface area (Å²) in [5, 5.41) is 4.48. The fraction of sp³-hybridized carbons (Fsp3) is 0.238. The highest BCUT2D eigenvalue weighted by Gasteiger charge is 2.30. The molecule has 0 spiro atoms. The van der Waals surface area contributed by atoms with Crippen molar-refractivity contribution in [2.45, 2.75) is 25.7 Å². The van der Waals surface area contributed by atoms with Gasteiger partial charge in [0.25, 0.3) is 0 Å². The molecular weight excluding hydrogens is 312 g/mol. The van der Waals surface area contributed by atoms with E-state index in [-0.39, 0.29) is 11.7 Å². The number of Topliss-reactive ketones (excluding diaryl/α,β-unsaturated/α-hetero) is 1. The van der Waals surface area contributed by atoms with Crippen LogP contribution >= 0.6 is 0 Å². The zero-order valence-electron chi connectivity index (χ0n) is 14.4. The number of hydrogen-bond donors (Lipinski definition) is 0. The summed E-state index contributed by atoms with van der Waals surface area (Å²) in [6.07, 6.45) is 3.04. The Hall–Kier alpha value is -2.88. The molecule has 4 nitrogen and oxygen atoms in total. The maximum atomic E-state index is 12.6. The molecule has 0 fully saturated rings. The molecule has 3 aromatic rings. The Kier molecular flexibility index (Phi) is 3.88. The Labute approximate surface area is 147 Å². The smallest absolute Gasteiger partial charge is 0.166 e. The lowest BCUT2D eigenvalue weighted by atomic mass is 9.82. The van der Waals surface area contributed by atoms with Crippen molar-refractivity contribution in [2.75, 3.05) is 7.11 Å². The molecule has 0 amide bonds. The molecule has 25 heavy (non-hydrogen) atoms. The van der Waals surface area contributed by atoms with Crippen LogP contribution in [0.15, 0.2) is 54.7 Å². The fourth-order valence-electron chi connectivity index (χ4n) is 3.46. The van der Waals surface area contributed by atoms with Crippen LogP contribution in [-0.4, -0.2) is 22.7 Å². The second-order valence-corrected chi connectivity index (χ2v) is 6.55. The second kappa shape index (κ2) is 6.20. The molecule has 1 aliphatic rings. The quantitative estimate of drug-likeness (QED) is 0.725. The molecule has 0 aliphatic heterocycles. The van der Waals surface area contributed by atoms with Crippen LogP contribution in [0.2, 0.25) is 0 Å². The molecule has 0 saturated heterocycles. The minimum Gasteiger partial charge on any atom is -0.497 e. The van der Waals surface area contributed by atoms with E-state index in [4.69, 9.17) is 4.74 Å². The molecular formula is C21H20N2O2. The van der Waals surface area contributed by atoms with Gasteiger partial charge in [-0.1, -0.05) is 29.8 Å². The van der Waals surface area contributed by atoms with Crippen LogP contribution in [0.5, 0.6) is 5.75 Å². The zero-order valence-corrected chi connectivity index (χ0v) is 14.4. The van der Waals surface area contributed by atoms with Crippen molar-refractivity contribution in [1.29, 1.82) is 0 Å². The number of carbonyl (C=O) groups is 1. The third kappa shape index (κ3) is 2.84. The molecule has 2 aromatic carbocycles. The van der Waals surface area contributed by atoms with Crippen molar-refractivity contribution in [3.8, 4) is 11.4 Å². The van der Waals surface area contributed by atoms with Crippen LogP contribution in [0.1, 0.15) is 39.5 Å². The summed E-state index contributed by atoms with van der Waals surface area (Å²) in [5.74, 6) is 1.17. The highest BCUT2D eigenvalue weighted by molar-refractivity contribution is 5.98. The molecule has 1 atom stereocenters. The van der Waals surface area contributed by atoms with Crippen molar-refractivity contribution in [3.05, 3.63) is 77.1 Å². The van der Waals surface area contributed by atoms with Gasteiger partial charge in [-0.05, 0) is 49.1 Å². The first-order valence-electron chi connectivity index (χ1n) is 8.47. The third-order valence-corrected chi connectivity index (χ3v) is 4.91. The van der Waals surface area contributed by atoms with Gasteiger partial charge < -0.3 is 4.74 Å². The summed E-state index contributed by atoms with van der Waals surface area (Å²) in [5.41, 5.74) is 5.12. The summed E-state index contributed by atoms with van der Waals surface area (Å²) in [6.45, 7) is 2.06. The number of methoxy groups -OCH3 is 1. The Morgan fingerprint density at radius 2 is 1.76 bits per heavy atom. The molecule has 126 valence electrons. The average Bonchev–Trinajstić information content (AvgIpc) is 3.07. The largest absolute Gasteiger partial charge is 0.497 e. The van der Waals surface area contributed by atoms with E-state index in [2.05, 4.69) is 24.2 Å². The van der Waals surface area contributed by atoms with E-state index in [0.717, 1.165) is 34.7 Å². The highest BCUT2D eigenvalue weighted by Crippen LogP contribution is 2.34. The number of aromatic nitrogens is 2. The number of ether oxygens (including phenoxy) is 1. The number of rotatable bonds is 3. The predicted octanol–water partition coefficient (Wildman–Crippen LogP) is 4.10. The minimum absolute atomic E-state index is 0.167. The average molecular weight is 332 g/mol. The second-order valence-electron chi connectivity index (χ2n) is 6.55. The molecule has 0 N–H and O–H groups in total. The first kappa shape index (κ1) is 15.6. The molecule has 1 aliphatic carbocycles. The number of benzene rings is 2. The normalized spacial score (nSPS) is 16.6. The van der Waals surface area contributed by atoms with Gasteiger partial charge in [0.2, 0.25) is 0 Å². The van der Waals surface area contributed by atoms with Gasteiger partial charge in [0.05, 0.1) is 30.3 Å². The lowest BCUT2D eigenvalue weighted by molar-refractivity contribution is 0.0964. The number of aryl methyl sites for hydroxylation is 1. The van der Waals surface area contributed by atoms with Gasteiger partial charge in [-0.3, -0.25) is 4.79 Å². The number of ketones is 1. The van der Waals surface area contributed by atoms with Crippen LogP contribution in [0, 0.1) is 6.92 Å². The maximum Gasteiger partial charge on any atom is 0.166 e. The van der Waals surface area contributed by atoms with Crippen molar-refractivity contribution in [1.82, 2.24) is 9.78 Å². The lowest BCUT2D eigenvalue weighted by Crippen LogP contribution is -2.20. The van der Waals surface area contributed by atoms with Gasteiger partial charge in [-0.25, -0.2) is 4.68 Å². The van der Waals surface area contributed by atoms with Gasteiger partial charge in [-0.15, -0.1) is 0 Å². The summed E-state index contributed by atoms with van der Waals surface area (Å²) in [6, 6.07) is 16.2. The SMILES string of the molecule is COc1ccc(C2CC(=O)c3cnn(-c4ccc(C)cc4)c3C2)cc1. The van der Waals surface area contributed by atoms with Gasteiger partial charge in [0, 0.05) is 6.42 Å². The Bertz CT molecular complexity index is 908. The Morgan fingerprint density at radius 1 is 1.04 bits per heavy atom. The third-order valence-electron chi connectivity index (χ3n) is 4.91. The summed E-state index contributed by atoms with van der Waals surface area (Å²) >= 11 is 0. The van der Waals surface area contributed by atoms with Crippen LogP contribution in [-0.2, 0) is 6.42 Å². The molecule has 1 heterocycles. The Balaban J connectivity index is 1.70. The van der Waals surface area contributed by atoms with Gasteiger partial charge >= 0.3 is 0 Å². The summed E-state index contributed by atoms with van der Waals surface area (Å²) in [7, 11) is 1.66. The zero-order chi connectivity index (χ0) is 17.4. The lowest BCUT2D eigenvalue weighted by Gasteiger charge is -2.23. The van der Waals surface area contributed by atoms with Gasteiger partial charge in [0.1, 0.15) is 5.75 Å². The van der Waals surface area contributed by atoms with E-state index >= 15 is 0 Å². The summed E-state index contributed by atoms with van der Waals surface area (Å²) < 4.78 is 7.13. The summed E-state index contributed by atoms with van der Waals surface area (Å²) in [4.78, 5) is 12.6. The van der Waals surface area contributed by atoms with Gasteiger partial charge in [0.15, 0.2) is 5.78 Å². The van der Waals surface area contributed by atoms with Crippen molar-refractivity contribution < 1.29 is 9.53 Å². The monoisotopic (exact) mass is 332 g/mol. The van der Waals surface area contributed by atoms with E-state index in [1.54, 1.807) is 13.3 Å². The number of nitrogens with zero attached hydrogens (tertiary/aromatic N) is 2. The predicted molar refractivity (Wildman–Crippen MR) is 96.7 cm³/mol. The number of fused-ring (bicyclic) bond motifs is 1. The first-order valence-corrected chi connectivity index (χ1v) is 8.47. The van der Waals surface area contributed by atoms with Crippen LogP contribution in [0.3, 0.4) is 0 Å². The van der Waals surface area contributed by atoms with Crippen molar-refractivity contribution >= 4 is 5.78 Å². The van der Waals surface area contributed by atoms with Gasteiger partial charge in [-0.2, -0.15) is 5.10 Å². The van der Waals surface area contributed by atoms with E-state index in [0.29, 0.717) is 6.42 Å². The van der Waals surface area contributed by atoms with Crippen molar-refractivity contribution in [3.63, 3.8) is 0 Å². The van der Waals surface area contributed by atoms with E-state index in [9.17, 15) is 4.79 Å². The maximum absolute atomic E-state index is 12.6. The number of carbonyl (C=O) groups excluding carboxylic acids is 1. The van der Waals surface area contributed by atoms with E-state index < -0.39 is 0 Å². The highest BCUT2D eigenvalue weighted by atomic mass is 16.5. The van der Waals surface area contributed by atoms with Crippen molar-refractivity contribution in [2.24, 2.45) is 0 Å². The molecule has 4 heteroatoms. The Morgan fingerprint density at radius 3 is 2.44 bits per heavy atom. The fourth-order valence-corrected chi connectivity index (χ4v) is 3.46. The first-order chi connectivity index (χ1) is 12.2. The van der Waals surface area contributed by atoms with Crippen LogP contribution in [0.4, 0.5) is 0 Å². The molecule has 1 unspecified atom stereocenters. The molecule has 0 bridgehead atoms. The standard InChI is InChI=1S/C21H20N2O2/c1-14-3-7-17(8-4-14)23-20-11-16(12-21(24)19(20)13-22-23)15-5-9-18(25-2)10-6-15/h3-10,13,16H,11-12H2,1-2H3. The molecule has 0 radical (unpaired) electrons. The van der Waals surface area contributed by atoms with E-state index in [1.807, 2.05) is 41.1 Å². The topological polar surface area (TPSA) is 44.1 Å². The number of hydrogen-bond acceptors (Lipinski definition) is 3. The molecule has 4 rings (SSSR count). The van der Waals surface area contributed by atoms with Crippen LogP contribution < -0.4 is 4.74 Å². The molecule has 0 saturated carbocycles. The minimum atomic E-state index is 0.167. The van der Waals surface area contributed by atoms with Crippen LogP contribution in [0.25, 0.3) is 5.69 Å². The molecule has 1 aromatic heterocycles.